The fourth-order valence-corrected chi connectivity index (χ4v) is 3.06. The van der Waals surface area contributed by atoms with Gasteiger partial charge in [-0.15, -0.1) is 0 Å². The van der Waals surface area contributed by atoms with Crippen LogP contribution in [0.2, 0.25) is 0 Å². The lowest BCUT2D eigenvalue weighted by atomic mass is 10.00. The Morgan fingerprint density at radius 1 is 0.750 bits per heavy atom. The molecule has 0 aliphatic carbocycles. The van der Waals surface area contributed by atoms with E-state index >= 15 is 0 Å². The first-order valence-electron chi connectivity index (χ1n) is 8.06. The van der Waals surface area contributed by atoms with Crippen LogP contribution >= 0.6 is 0 Å². The third-order valence-corrected chi connectivity index (χ3v) is 4.20. The molecule has 0 fully saturated rings. The maximum absolute atomic E-state index is 5.40. The molecule has 24 heavy (non-hydrogen) atoms. The van der Waals surface area contributed by atoms with Gasteiger partial charge in [-0.1, -0.05) is 17.7 Å². The third-order valence-electron chi connectivity index (χ3n) is 4.20. The molecule has 0 radical (unpaired) electrons. The van der Waals surface area contributed by atoms with E-state index in [1.165, 1.54) is 22.3 Å². The summed E-state index contributed by atoms with van der Waals surface area (Å²) in [4.78, 5) is 0. The van der Waals surface area contributed by atoms with Crippen molar-refractivity contribution in [2.24, 2.45) is 0 Å². The van der Waals surface area contributed by atoms with E-state index in [0.717, 1.165) is 18.7 Å². The van der Waals surface area contributed by atoms with Crippen LogP contribution in [0.5, 0.6) is 17.2 Å². The average Bonchev–Trinajstić information content (AvgIpc) is 2.56. The second-order valence-corrected chi connectivity index (χ2v) is 6.01. The van der Waals surface area contributed by atoms with Crippen molar-refractivity contribution in [3.63, 3.8) is 0 Å². The van der Waals surface area contributed by atoms with Crippen molar-refractivity contribution in [2.75, 3.05) is 21.3 Å². The van der Waals surface area contributed by atoms with Crippen LogP contribution in [0.3, 0.4) is 0 Å². The lowest BCUT2D eigenvalue weighted by Crippen LogP contribution is -2.15. The number of methoxy groups -OCH3 is 3. The highest BCUT2D eigenvalue weighted by molar-refractivity contribution is 5.53. The van der Waals surface area contributed by atoms with Gasteiger partial charge in [-0.05, 0) is 55.2 Å². The highest BCUT2D eigenvalue weighted by atomic mass is 16.5. The maximum Gasteiger partial charge on any atom is 0.203 e. The first-order valence-corrected chi connectivity index (χ1v) is 8.06. The summed E-state index contributed by atoms with van der Waals surface area (Å²) in [6.45, 7) is 8.01. The molecule has 2 aromatic carbocycles. The highest BCUT2D eigenvalue weighted by Crippen LogP contribution is 2.38. The van der Waals surface area contributed by atoms with Gasteiger partial charge >= 0.3 is 0 Å². The van der Waals surface area contributed by atoms with E-state index in [-0.39, 0.29) is 0 Å². The Kier molecular flexibility index (Phi) is 6.10. The topological polar surface area (TPSA) is 39.7 Å². The van der Waals surface area contributed by atoms with Crippen molar-refractivity contribution in [2.45, 2.75) is 33.9 Å². The summed E-state index contributed by atoms with van der Waals surface area (Å²) in [5.41, 5.74) is 6.40. The molecule has 2 rings (SSSR count). The first-order chi connectivity index (χ1) is 11.5. The molecule has 0 saturated heterocycles. The minimum absolute atomic E-state index is 0.619. The van der Waals surface area contributed by atoms with Gasteiger partial charge in [0, 0.05) is 13.1 Å². The highest BCUT2D eigenvalue weighted by Gasteiger charge is 2.13. The second kappa shape index (κ2) is 8.06. The smallest absolute Gasteiger partial charge is 0.203 e. The molecular formula is C20H27NO3. The summed E-state index contributed by atoms with van der Waals surface area (Å²) in [6.07, 6.45) is 0. The van der Waals surface area contributed by atoms with E-state index in [4.69, 9.17) is 14.2 Å². The van der Waals surface area contributed by atoms with Gasteiger partial charge in [-0.25, -0.2) is 0 Å². The lowest BCUT2D eigenvalue weighted by Gasteiger charge is -2.15. The second-order valence-electron chi connectivity index (χ2n) is 6.01. The van der Waals surface area contributed by atoms with E-state index in [9.17, 15) is 0 Å². The summed E-state index contributed by atoms with van der Waals surface area (Å²) in [6, 6.07) is 8.40. The van der Waals surface area contributed by atoms with Gasteiger partial charge in [-0.2, -0.15) is 0 Å². The van der Waals surface area contributed by atoms with E-state index in [1.807, 2.05) is 12.1 Å². The molecule has 0 unspecified atom stereocenters. The van der Waals surface area contributed by atoms with E-state index in [1.54, 1.807) is 21.3 Å². The summed E-state index contributed by atoms with van der Waals surface area (Å²) in [7, 11) is 4.88. The van der Waals surface area contributed by atoms with Gasteiger partial charge in [-0.3, -0.25) is 0 Å². The molecule has 0 heterocycles. The third kappa shape index (κ3) is 4.01. The van der Waals surface area contributed by atoms with E-state index < -0.39 is 0 Å². The molecule has 0 spiro atoms. The quantitative estimate of drug-likeness (QED) is 0.835. The molecule has 4 nitrogen and oxygen atoms in total. The monoisotopic (exact) mass is 329 g/mol. The fraction of sp³-hybridized carbons (Fsp3) is 0.400. The van der Waals surface area contributed by atoms with Crippen LogP contribution < -0.4 is 19.5 Å². The largest absolute Gasteiger partial charge is 0.493 e. The normalized spacial score (nSPS) is 10.6. The van der Waals surface area contributed by atoms with Crippen molar-refractivity contribution in [1.82, 2.24) is 5.32 Å². The van der Waals surface area contributed by atoms with Crippen LogP contribution in [-0.4, -0.2) is 21.3 Å². The summed E-state index contributed by atoms with van der Waals surface area (Å²) in [5, 5.41) is 3.51. The number of aryl methyl sites for hydroxylation is 3. The lowest BCUT2D eigenvalue weighted by molar-refractivity contribution is 0.323. The number of hydrogen-bond donors (Lipinski definition) is 1. The minimum Gasteiger partial charge on any atom is -0.493 e. The first kappa shape index (κ1) is 18.1. The maximum atomic E-state index is 5.40. The van der Waals surface area contributed by atoms with Gasteiger partial charge in [0.1, 0.15) is 0 Å². The Labute approximate surface area is 144 Å². The molecule has 1 N–H and O–H groups in total. The SMILES string of the molecule is COc1cc(CNCc2c(C)cc(C)cc2C)cc(OC)c1OC. The number of hydrogen-bond acceptors (Lipinski definition) is 4. The van der Waals surface area contributed by atoms with Crippen LogP contribution in [0.4, 0.5) is 0 Å². The number of rotatable bonds is 7. The zero-order chi connectivity index (χ0) is 17.7. The molecule has 0 aliphatic rings. The predicted molar refractivity (Wildman–Crippen MR) is 97.3 cm³/mol. The Bertz CT molecular complexity index is 662. The fourth-order valence-electron chi connectivity index (χ4n) is 3.06. The predicted octanol–water partition coefficient (Wildman–Crippen LogP) is 3.93. The van der Waals surface area contributed by atoms with Gasteiger partial charge in [0.2, 0.25) is 5.75 Å². The van der Waals surface area contributed by atoms with Crippen molar-refractivity contribution in [3.8, 4) is 17.2 Å². The minimum atomic E-state index is 0.619. The molecule has 4 heteroatoms. The van der Waals surface area contributed by atoms with Crippen molar-refractivity contribution >= 4 is 0 Å². The molecule has 0 atom stereocenters. The molecule has 0 amide bonds. The number of ether oxygens (including phenoxy) is 3. The van der Waals surface area contributed by atoms with Crippen LogP contribution in [0.1, 0.15) is 27.8 Å². The zero-order valence-electron chi connectivity index (χ0n) is 15.4. The van der Waals surface area contributed by atoms with Gasteiger partial charge in [0.25, 0.3) is 0 Å². The van der Waals surface area contributed by atoms with Crippen molar-refractivity contribution in [1.29, 1.82) is 0 Å². The number of nitrogens with one attached hydrogen (secondary N) is 1. The molecule has 2 aromatic rings. The number of benzene rings is 2. The molecule has 0 aromatic heterocycles. The van der Waals surface area contributed by atoms with Crippen molar-refractivity contribution in [3.05, 3.63) is 52.1 Å². The Hall–Kier alpha value is -2.20. The van der Waals surface area contributed by atoms with E-state index in [2.05, 4.69) is 38.2 Å². The summed E-state index contributed by atoms with van der Waals surface area (Å²) in [5.74, 6) is 1.97. The van der Waals surface area contributed by atoms with Crippen LogP contribution in [0, 0.1) is 20.8 Å². The summed E-state index contributed by atoms with van der Waals surface area (Å²) < 4.78 is 16.2. The Morgan fingerprint density at radius 3 is 1.75 bits per heavy atom. The van der Waals surface area contributed by atoms with Crippen LogP contribution in [0.25, 0.3) is 0 Å². The Morgan fingerprint density at radius 2 is 1.29 bits per heavy atom. The molecule has 0 saturated carbocycles. The van der Waals surface area contributed by atoms with Crippen molar-refractivity contribution < 1.29 is 14.2 Å². The molecule has 0 aliphatic heterocycles. The van der Waals surface area contributed by atoms with Gasteiger partial charge < -0.3 is 19.5 Å². The zero-order valence-corrected chi connectivity index (χ0v) is 15.4. The van der Waals surface area contributed by atoms with Gasteiger partial charge in [0.15, 0.2) is 11.5 Å². The standard InChI is InChI=1S/C20H27NO3/c1-13-7-14(2)17(15(3)8-13)12-21-11-16-9-18(22-4)20(24-6)19(10-16)23-5/h7-10,21H,11-12H2,1-6H3. The van der Waals surface area contributed by atoms with Crippen LogP contribution in [0.15, 0.2) is 24.3 Å². The van der Waals surface area contributed by atoms with Gasteiger partial charge in [0.05, 0.1) is 21.3 Å². The Balaban J connectivity index is 2.13. The average molecular weight is 329 g/mol. The molecule has 130 valence electrons. The summed E-state index contributed by atoms with van der Waals surface area (Å²) >= 11 is 0. The van der Waals surface area contributed by atoms with E-state index in [0.29, 0.717) is 17.2 Å². The molecule has 0 bridgehead atoms. The van der Waals surface area contributed by atoms with Crippen LogP contribution in [-0.2, 0) is 13.1 Å². The molecular weight excluding hydrogens is 302 g/mol.